The van der Waals surface area contributed by atoms with Gasteiger partial charge < -0.3 is 14.8 Å². The molecule has 2 rings (SSSR count). The Hall–Kier alpha value is -2.63. The molecule has 0 saturated heterocycles. The fraction of sp³-hybridized carbons (Fsp3) is 0.429. The molecule has 142 valence electrons. The molecule has 2 atom stereocenters. The van der Waals surface area contributed by atoms with E-state index in [1.807, 2.05) is 6.07 Å². The molecule has 0 spiro atoms. The third-order valence-corrected chi connectivity index (χ3v) is 4.94. The van der Waals surface area contributed by atoms with Crippen LogP contribution in [0.1, 0.15) is 38.2 Å². The highest BCUT2D eigenvalue weighted by atomic mass is 35.5. The number of hydrogen-bond acceptors (Lipinski definition) is 4. The van der Waals surface area contributed by atoms with Crippen LogP contribution in [0, 0.1) is 29.6 Å². The second-order valence-corrected chi connectivity index (χ2v) is 6.95. The highest BCUT2D eigenvalue weighted by molar-refractivity contribution is 6.32. The first-order valence-electron chi connectivity index (χ1n) is 8.86. The second kappa shape index (κ2) is 9.90. The van der Waals surface area contributed by atoms with Gasteiger partial charge in [0.25, 0.3) is 5.91 Å². The van der Waals surface area contributed by atoms with Crippen molar-refractivity contribution in [3.05, 3.63) is 28.3 Å². The number of carbonyl (C=O) groups excluding carboxylic acids is 1. The van der Waals surface area contributed by atoms with Gasteiger partial charge in [0.05, 0.1) is 12.1 Å². The maximum Gasteiger partial charge on any atom is 0.262 e. The largest absolute Gasteiger partial charge is 0.493 e. The van der Waals surface area contributed by atoms with E-state index in [1.165, 1.54) is 19.6 Å². The molecule has 1 aliphatic rings. The first-order valence-corrected chi connectivity index (χ1v) is 9.24. The lowest BCUT2D eigenvalue weighted by Gasteiger charge is -2.29. The van der Waals surface area contributed by atoms with Gasteiger partial charge in [0.1, 0.15) is 18.2 Å². The van der Waals surface area contributed by atoms with Gasteiger partial charge in [0.2, 0.25) is 0 Å². The van der Waals surface area contributed by atoms with E-state index in [4.69, 9.17) is 27.5 Å². The molecule has 1 saturated carbocycles. The zero-order valence-corrected chi connectivity index (χ0v) is 16.3. The van der Waals surface area contributed by atoms with Crippen molar-refractivity contribution in [2.24, 2.45) is 5.92 Å². The number of terminal acetylenes is 1. The number of amides is 1. The van der Waals surface area contributed by atoms with E-state index >= 15 is 0 Å². The van der Waals surface area contributed by atoms with Crippen molar-refractivity contribution in [1.82, 2.24) is 5.32 Å². The number of nitriles is 1. The van der Waals surface area contributed by atoms with Gasteiger partial charge in [-0.05, 0) is 42.5 Å². The fourth-order valence-corrected chi connectivity index (χ4v) is 3.44. The van der Waals surface area contributed by atoms with E-state index in [2.05, 4.69) is 18.2 Å². The average molecular weight is 387 g/mol. The van der Waals surface area contributed by atoms with Gasteiger partial charge >= 0.3 is 0 Å². The van der Waals surface area contributed by atoms with Crippen LogP contribution in [-0.2, 0) is 4.79 Å². The molecule has 0 unspecified atom stereocenters. The van der Waals surface area contributed by atoms with E-state index in [0.717, 1.165) is 19.3 Å². The van der Waals surface area contributed by atoms with Crippen LogP contribution in [0.15, 0.2) is 17.7 Å². The Kier molecular flexibility index (Phi) is 7.58. The third kappa shape index (κ3) is 5.42. The number of halogens is 1. The predicted octanol–water partition coefficient (Wildman–Crippen LogP) is 3.96. The smallest absolute Gasteiger partial charge is 0.262 e. The zero-order chi connectivity index (χ0) is 19.8. The summed E-state index contributed by atoms with van der Waals surface area (Å²) < 4.78 is 10.7. The molecule has 1 N–H and O–H groups in total. The van der Waals surface area contributed by atoms with Crippen LogP contribution >= 0.6 is 11.6 Å². The van der Waals surface area contributed by atoms with Crippen LogP contribution in [0.5, 0.6) is 11.5 Å². The van der Waals surface area contributed by atoms with E-state index in [9.17, 15) is 10.1 Å². The molecule has 1 aromatic rings. The Morgan fingerprint density at radius 2 is 2.19 bits per heavy atom. The summed E-state index contributed by atoms with van der Waals surface area (Å²) in [5.74, 6) is 3.10. The SMILES string of the molecule is C#CCOc1c(Cl)cc(/C=C(\C#N)C(=O)N[C@H]2CCCC[C@@H]2C)cc1OC. The summed E-state index contributed by atoms with van der Waals surface area (Å²) in [6.07, 6.45) is 11.0. The molecule has 0 heterocycles. The lowest BCUT2D eigenvalue weighted by molar-refractivity contribution is -0.118. The van der Waals surface area contributed by atoms with E-state index < -0.39 is 0 Å². The Bertz CT molecular complexity index is 805. The minimum atomic E-state index is -0.376. The molecule has 0 bridgehead atoms. The van der Waals surface area contributed by atoms with Crippen molar-refractivity contribution >= 4 is 23.6 Å². The van der Waals surface area contributed by atoms with E-state index in [-0.39, 0.29) is 29.2 Å². The predicted molar refractivity (Wildman–Crippen MR) is 105 cm³/mol. The summed E-state index contributed by atoms with van der Waals surface area (Å²) in [5, 5.41) is 12.7. The van der Waals surface area contributed by atoms with E-state index in [0.29, 0.717) is 23.0 Å². The van der Waals surface area contributed by atoms with Crippen LogP contribution in [-0.4, -0.2) is 25.7 Å². The van der Waals surface area contributed by atoms with Crippen LogP contribution in [0.2, 0.25) is 5.02 Å². The minimum Gasteiger partial charge on any atom is -0.493 e. The summed E-state index contributed by atoms with van der Waals surface area (Å²) in [6.45, 7) is 2.18. The Morgan fingerprint density at radius 1 is 1.44 bits per heavy atom. The summed E-state index contributed by atoms with van der Waals surface area (Å²) in [6, 6.07) is 5.31. The van der Waals surface area contributed by atoms with Crippen LogP contribution in [0.4, 0.5) is 0 Å². The van der Waals surface area contributed by atoms with Gasteiger partial charge in [-0.1, -0.05) is 37.3 Å². The van der Waals surface area contributed by atoms with Crippen molar-refractivity contribution in [2.75, 3.05) is 13.7 Å². The number of ether oxygens (including phenoxy) is 2. The Morgan fingerprint density at radius 3 is 2.81 bits per heavy atom. The van der Waals surface area contributed by atoms with Gasteiger partial charge in [-0.15, -0.1) is 6.42 Å². The van der Waals surface area contributed by atoms with Gasteiger partial charge in [-0.25, -0.2) is 0 Å². The number of carbonyl (C=O) groups is 1. The van der Waals surface area contributed by atoms with Crippen molar-refractivity contribution in [3.8, 4) is 29.9 Å². The van der Waals surface area contributed by atoms with Crippen LogP contribution < -0.4 is 14.8 Å². The normalized spacial score (nSPS) is 19.5. The molecular formula is C21H23ClN2O3. The maximum absolute atomic E-state index is 12.5. The first kappa shape index (κ1) is 20.7. The lowest BCUT2D eigenvalue weighted by Crippen LogP contribution is -2.41. The summed E-state index contributed by atoms with van der Waals surface area (Å²) in [7, 11) is 1.48. The molecule has 5 nitrogen and oxygen atoms in total. The van der Waals surface area contributed by atoms with Gasteiger partial charge in [0, 0.05) is 6.04 Å². The number of nitrogens with one attached hydrogen (secondary N) is 1. The highest BCUT2D eigenvalue weighted by Crippen LogP contribution is 2.37. The summed E-state index contributed by atoms with van der Waals surface area (Å²) in [4.78, 5) is 12.5. The average Bonchev–Trinajstić information content (AvgIpc) is 2.66. The minimum absolute atomic E-state index is 0.0168. The molecule has 1 aliphatic carbocycles. The number of hydrogen-bond donors (Lipinski definition) is 1. The van der Waals surface area contributed by atoms with Crippen LogP contribution in [0.3, 0.4) is 0 Å². The highest BCUT2D eigenvalue weighted by Gasteiger charge is 2.24. The Labute approximate surface area is 165 Å². The second-order valence-electron chi connectivity index (χ2n) is 6.54. The third-order valence-electron chi connectivity index (χ3n) is 4.66. The van der Waals surface area contributed by atoms with Crippen molar-refractivity contribution in [1.29, 1.82) is 5.26 Å². The summed E-state index contributed by atoms with van der Waals surface area (Å²) in [5.41, 5.74) is 0.580. The Balaban J connectivity index is 2.23. The first-order chi connectivity index (χ1) is 13.0. The monoisotopic (exact) mass is 386 g/mol. The molecule has 1 fully saturated rings. The zero-order valence-electron chi connectivity index (χ0n) is 15.5. The van der Waals surface area contributed by atoms with Crippen molar-refractivity contribution in [2.45, 2.75) is 38.6 Å². The standard InChI is InChI=1S/C21H23ClN2O3/c1-4-9-27-20-17(22)11-15(12-19(20)26-3)10-16(13-23)21(25)24-18-8-6-5-7-14(18)2/h1,10-12,14,18H,5-9H2,2-3H3,(H,24,25)/b16-10+/t14-,18-/m0/s1. The van der Waals surface area contributed by atoms with Gasteiger partial charge in [0.15, 0.2) is 11.5 Å². The van der Waals surface area contributed by atoms with Gasteiger partial charge in [-0.2, -0.15) is 5.26 Å². The fourth-order valence-electron chi connectivity index (χ4n) is 3.17. The molecule has 1 amide bonds. The lowest BCUT2D eigenvalue weighted by atomic mass is 9.86. The molecule has 0 aliphatic heterocycles. The molecule has 0 radical (unpaired) electrons. The van der Waals surface area contributed by atoms with Crippen molar-refractivity contribution in [3.63, 3.8) is 0 Å². The van der Waals surface area contributed by atoms with Crippen LogP contribution in [0.25, 0.3) is 6.08 Å². The quantitative estimate of drug-likeness (QED) is 0.456. The topological polar surface area (TPSA) is 71.3 Å². The summed E-state index contributed by atoms with van der Waals surface area (Å²) >= 11 is 6.24. The number of nitrogens with zero attached hydrogens (tertiary/aromatic N) is 1. The van der Waals surface area contributed by atoms with Gasteiger partial charge in [-0.3, -0.25) is 4.79 Å². The number of rotatable bonds is 6. The van der Waals surface area contributed by atoms with Crippen molar-refractivity contribution < 1.29 is 14.3 Å². The maximum atomic E-state index is 12.5. The molecular weight excluding hydrogens is 364 g/mol. The molecule has 1 aromatic carbocycles. The van der Waals surface area contributed by atoms with E-state index in [1.54, 1.807) is 12.1 Å². The number of methoxy groups -OCH3 is 1. The number of benzene rings is 1. The molecule has 27 heavy (non-hydrogen) atoms. The molecule has 0 aromatic heterocycles. The molecule has 6 heteroatoms.